The quantitative estimate of drug-likeness (QED) is 0.631. The molecule has 0 aromatic carbocycles. The Balaban J connectivity index is 0. The molecule has 0 aromatic rings. The Bertz CT molecular complexity index is 190. The molecule has 90 valence electrons. The van der Waals surface area contributed by atoms with Gasteiger partial charge in [0.05, 0.1) is 0 Å². The van der Waals surface area contributed by atoms with Crippen molar-refractivity contribution in [1.82, 2.24) is 5.32 Å². The zero-order chi connectivity index (χ0) is 12.4. The van der Waals surface area contributed by atoms with E-state index in [0.29, 0.717) is 12.3 Å². The molecule has 0 radical (unpaired) electrons. The molecule has 1 heterocycles. The smallest absolute Gasteiger partial charge is 0.229 e. The predicted octanol–water partition coefficient (Wildman–Crippen LogP) is 2.75. The van der Waals surface area contributed by atoms with Crippen LogP contribution in [0.25, 0.3) is 0 Å². The Morgan fingerprint density at radius 2 is 1.53 bits per heavy atom. The van der Waals surface area contributed by atoms with Gasteiger partial charge in [0.1, 0.15) is 0 Å². The van der Waals surface area contributed by atoms with E-state index in [1.54, 1.807) is 0 Å². The molecule has 0 aromatic heterocycles. The summed E-state index contributed by atoms with van der Waals surface area (Å²) in [5.41, 5.74) is 0. The second kappa shape index (κ2) is 9.69. The van der Waals surface area contributed by atoms with Gasteiger partial charge < -0.3 is 0 Å². The van der Waals surface area contributed by atoms with Gasteiger partial charge in [0.2, 0.25) is 11.8 Å². The summed E-state index contributed by atoms with van der Waals surface area (Å²) in [4.78, 5) is 22.0. The van der Waals surface area contributed by atoms with Crippen molar-refractivity contribution in [2.24, 2.45) is 11.8 Å². The Morgan fingerprint density at radius 1 is 1.07 bits per heavy atom. The van der Waals surface area contributed by atoms with Crippen LogP contribution in [0.15, 0.2) is 0 Å². The molecule has 3 heteroatoms. The van der Waals surface area contributed by atoms with Crippen molar-refractivity contribution in [3.63, 3.8) is 0 Å². The minimum absolute atomic E-state index is 0.0264. The van der Waals surface area contributed by atoms with Crippen LogP contribution >= 0.6 is 0 Å². The fraction of sp³-hybridized carbons (Fsp3) is 0.833. The van der Waals surface area contributed by atoms with Crippen molar-refractivity contribution in [1.29, 1.82) is 0 Å². The zero-order valence-electron chi connectivity index (χ0n) is 10.9. The fourth-order valence-corrected chi connectivity index (χ4v) is 1.18. The van der Waals surface area contributed by atoms with Gasteiger partial charge in [-0.25, -0.2) is 0 Å². The van der Waals surface area contributed by atoms with Crippen molar-refractivity contribution < 1.29 is 9.59 Å². The van der Waals surface area contributed by atoms with Gasteiger partial charge in [-0.1, -0.05) is 41.5 Å². The lowest BCUT2D eigenvalue weighted by Gasteiger charge is -2.12. The molecule has 3 nitrogen and oxygen atoms in total. The third kappa shape index (κ3) is 6.26. The molecule has 1 aliphatic rings. The average Bonchev–Trinajstić information content (AvgIpc) is 2.39. The molecule has 1 N–H and O–H groups in total. The van der Waals surface area contributed by atoms with Crippen molar-refractivity contribution >= 4 is 11.8 Å². The van der Waals surface area contributed by atoms with Crippen LogP contribution in [0.5, 0.6) is 0 Å². The van der Waals surface area contributed by atoms with Crippen LogP contribution in [-0.2, 0) is 9.59 Å². The van der Waals surface area contributed by atoms with E-state index < -0.39 is 0 Å². The van der Waals surface area contributed by atoms with Crippen LogP contribution in [0.2, 0.25) is 0 Å². The minimum Gasteiger partial charge on any atom is -0.296 e. The molecule has 0 aliphatic carbocycles. The van der Waals surface area contributed by atoms with Crippen LogP contribution in [0.4, 0.5) is 0 Å². The highest BCUT2D eigenvalue weighted by molar-refractivity contribution is 5.96. The Kier molecular flexibility index (Phi) is 10.7. The number of nitrogens with one attached hydrogen (secondary N) is 1. The Morgan fingerprint density at radius 3 is 2.00 bits per heavy atom. The largest absolute Gasteiger partial charge is 0.296 e. The van der Waals surface area contributed by atoms with Gasteiger partial charge in [-0.3, -0.25) is 14.9 Å². The topological polar surface area (TPSA) is 46.2 Å². The second-order valence-electron chi connectivity index (χ2n) is 3.22. The van der Waals surface area contributed by atoms with Crippen molar-refractivity contribution in [2.45, 2.75) is 54.4 Å². The van der Waals surface area contributed by atoms with E-state index in [1.807, 2.05) is 41.5 Å². The van der Waals surface area contributed by atoms with Crippen LogP contribution in [0.3, 0.4) is 0 Å². The second-order valence-corrected chi connectivity index (χ2v) is 3.22. The van der Waals surface area contributed by atoms with Crippen LogP contribution in [0.1, 0.15) is 54.4 Å². The number of carbonyl (C=O) groups is 2. The molecule has 0 spiro atoms. The number of imide groups is 1. The predicted molar refractivity (Wildman–Crippen MR) is 63.4 cm³/mol. The zero-order valence-corrected chi connectivity index (χ0v) is 10.9. The summed E-state index contributed by atoms with van der Waals surface area (Å²) in [6.07, 6.45) is 1.30. The van der Waals surface area contributed by atoms with E-state index >= 15 is 0 Å². The molecule has 1 rings (SSSR count). The van der Waals surface area contributed by atoms with Crippen LogP contribution in [0, 0.1) is 11.8 Å². The highest BCUT2D eigenvalue weighted by Gasteiger charge is 2.25. The highest BCUT2D eigenvalue weighted by Crippen LogP contribution is 2.19. The number of hydrogen-bond donors (Lipinski definition) is 1. The van der Waals surface area contributed by atoms with E-state index in [4.69, 9.17) is 0 Å². The van der Waals surface area contributed by atoms with E-state index in [1.165, 1.54) is 0 Å². The summed E-state index contributed by atoms with van der Waals surface area (Å²) in [6.45, 7) is 11.9. The molecular weight excluding hydrogens is 190 g/mol. The number of carbonyl (C=O) groups excluding carboxylic acids is 2. The summed E-state index contributed by atoms with van der Waals surface area (Å²) in [7, 11) is 0. The first kappa shape index (κ1) is 16.6. The molecule has 0 saturated carbocycles. The SMILES string of the molecule is CC.CC.CC1CCC(=O)NC(=O)C1C. The first-order valence-electron chi connectivity index (χ1n) is 5.95. The third-order valence-electron chi connectivity index (χ3n) is 2.36. The molecule has 0 bridgehead atoms. The monoisotopic (exact) mass is 215 g/mol. The van der Waals surface area contributed by atoms with Gasteiger partial charge in [0.25, 0.3) is 0 Å². The molecule has 1 saturated heterocycles. The maximum absolute atomic E-state index is 11.1. The lowest BCUT2D eigenvalue weighted by Crippen LogP contribution is -2.32. The Labute approximate surface area is 93.6 Å². The molecule has 2 unspecified atom stereocenters. The summed E-state index contributed by atoms with van der Waals surface area (Å²) in [5.74, 6) is 0.0362. The Hall–Kier alpha value is -0.860. The van der Waals surface area contributed by atoms with E-state index in [-0.39, 0.29) is 17.7 Å². The van der Waals surface area contributed by atoms with Gasteiger partial charge >= 0.3 is 0 Å². The number of amides is 2. The lowest BCUT2D eigenvalue weighted by molar-refractivity contribution is -0.131. The molecule has 2 atom stereocenters. The molecule has 1 aliphatic heterocycles. The minimum atomic E-state index is -0.133. The van der Waals surface area contributed by atoms with Crippen molar-refractivity contribution in [2.75, 3.05) is 0 Å². The number of hydrogen-bond acceptors (Lipinski definition) is 2. The van der Waals surface area contributed by atoms with E-state index in [0.717, 1.165) is 6.42 Å². The average molecular weight is 215 g/mol. The maximum Gasteiger partial charge on any atom is 0.229 e. The van der Waals surface area contributed by atoms with Crippen LogP contribution < -0.4 is 5.32 Å². The fourth-order valence-electron chi connectivity index (χ4n) is 1.18. The molecule has 2 amide bonds. The lowest BCUT2D eigenvalue weighted by atomic mass is 9.92. The standard InChI is InChI=1S/C8H13NO2.2C2H6/c1-5-3-4-7(10)9-8(11)6(5)2;2*1-2/h5-6H,3-4H2,1-2H3,(H,9,10,11);2*1-2H3. The molecule has 15 heavy (non-hydrogen) atoms. The van der Waals surface area contributed by atoms with Crippen molar-refractivity contribution in [3.8, 4) is 0 Å². The van der Waals surface area contributed by atoms with Gasteiger partial charge in [0, 0.05) is 12.3 Å². The van der Waals surface area contributed by atoms with E-state index in [2.05, 4.69) is 5.32 Å². The summed E-state index contributed by atoms with van der Waals surface area (Å²) < 4.78 is 0. The third-order valence-corrected chi connectivity index (χ3v) is 2.36. The summed E-state index contributed by atoms with van der Waals surface area (Å²) >= 11 is 0. The number of rotatable bonds is 0. The first-order valence-corrected chi connectivity index (χ1v) is 5.95. The van der Waals surface area contributed by atoms with E-state index in [9.17, 15) is 9.59 Å². The van der Waals surface area contributed by atoms with Gasteiger partial charge in [-0.05, 0) is 12.3 Å². The van der Waals surface area contributed by atoms with Crippen molar-refractivity contribution in [3.05, 3.63) is 0 Å². The molecular formula is C12H25NO2. The van der Waals surface area contributed by atoms with Gasteiger partial charge in [-0.15, -0.1) is 0 Å². The normalized spacial score (nSPS) is 24.9. The first-order chi connectivity index (χ1) is 7.11. The summed E-state index contributed by atoms with van der Waals surface area (Å²) in [5, 5.41) is 2.34. The van der Waals surface area contributed by atoms with Crippen LogP contribution in [-0.4, -0.2) is 11.8 Å². The van der Waals surface area contributed by atoms with Gasteiger partial charge in [0.15, 0.2) is 0 Å². The molecule has 1 fully saturated rings. The summed E-state index contributed by atoms with van der Waals surface area (Å²) in [6, 6.07) is 0. The van der Waals surface area contributed by atoms with Gasteiger partial charge in [-0.2, -0.15) is 0 Å². The maximum atomic E-state index is 11.1. The highest BCUT2D eigenvalue weighted by atomic mass is 16.2.